The number of aromatic nitrogens is 1. The van der Waals surface area contributed by atoms with Crippen LogP contribution in [0.1, 0.15) is 25.0 Å². The maximum Gasteiger partial charge on any atom is 0.407 e. The van der Waals surface area contributed by atoms with Gasteiger partial charge in [0.25, 0.3) is 0 Å². The lowest BCUT2D eigenvalue weighted by Gasteiger charge is -2.19. The first-order chi connectivity index (χ1) is 8.25. The van der Waals surface area contributed by atoms with E-state index in [1.807, 2.05) is 6.08 Å². The first-order valence-corrected chi connectivity index (χ1v) is 5.86. The van der Waals surface area contributed by atoms with Crippen molar-refractivity contribution in [1.82, 2.24) is 10.1 Å². The van der Waals surface area contributed by atoms with Gasteiger partial charge in [-0.15, -0.1) is 0 Å². The molecule has 17 heavy (non-hydrogen) atoms. The van der Waals surface area contributed by atoms with E-state index in [4.69, 9.17) is 9.63 Å². The van der Waals surface area contributed by atoms with E-state index in [1.54, 1.807) is 17.2 Å². The molecule has 0 spiro atoms. The molecule has 0 saturated carbocycles. The van der Waals surface area contributed by atoms with Gasteiger partial charge in [0.05, 0.1) is 6.20 Å². The third-order valence-corrected chi connectivity index (χ3v) is 3.77. The molecular formula is C12H14N2O3. The highest BCUT2D eigenvalue weighted by molar-refractivity contribution is 5.67. The average Bonchev–Trinajstić information content (AvgIpc) is 3.01. The van der Waals surface area contributed by atoms with Gasteiger partial charge in [0, 0.05) is 18.2 Å². The fourth-order valence-electron chi connectivity index (χ4n) is 3.07. The third kappa shape index (κ3) is 1.71. The summed E-state index contributed by atoms with van der Waals surface area (Å²) in [6.45, 7) is 0. The van der Waals surface area contributed by atoms with E-state index in [0.29, 0.717) is 5.92 Å². The predicted octanol–water partition coefficient (Wildman–Crippen LogP) is 2.22. The predicted molar refractivity (Wildman–Crippen MR) is 60.3 cm³/mol. The van der Waals surface area contributed by atoms with Gasteiger partial charge >= 0.3 is 6.09 Å². The highest BCUT2D eigenvalue weighted by atomic mass is 16.5. The molecule has 2 fully saturated rings. The van der Waals surface area contributed by atoms with E-state index in [2.05, 4.69) is 11.2 Å². The van der Waals surface area contributed by atoms with Gasteiger partial charge in [-0.25, -0.2) is 4.79 Å². The minimum absolute atomic E-state index is 0.150. The summed E-state index contributed by atoms with van der Waals surface area (Å²) in [5.74, 6) is 1.03. The van der Waals surface area contributed by atoms with Crippen LogP contribution in [0.2, 0.25) is 0 Å². The van der Waals surface area contributed by atoms with Crippen molar-refractivity contribution in [2.45, 2.75) is 31.3 Å². The van der Waals surface area contributed by atoms with E-state index >= 15 is 0 Å². The van der Waals surface area contributed by atoms with Crippen molar-refractivity contribution in [3.8, 4) is 0 Å². The van der Waals surface area contributed by atoms with Gasteiger partial charge in [0.1, 0.15) is 0 Å². The van der Waals surface area contributed by atoms with Gasteiger partial charge in [-0.2, -0.15) is 0 Å². The first kappa shape index (κ1) is 10.4. The summed E-state index contributed by atoms with van der Waals surface area (Å²) >= 11 is 0. The number of fused-ring (bicyclic) bond motifs is 2. The number of amides is 1. The van der Waals surface area contributed by atoms with Crippen LogP contribution < -0.4 is 0 Å². The molecule has 1 N–H and O–H groups in total. The van der Waals surface area contributed by atoms with Crippen molar-refractivity contribution in [2.24, 2.45) is 5.92 Å². The second-order valence-corrected chi connectivity index (χ2v) is 4.66. The molecule has 1 aromatic heterocycles. The number of carbonyl (C=O) groups is 1. The van der Waals surface area contributed by atoms with E-state index in [0.717, 1.165) is 25.0 Å². The Labute approximate surface area is 98.7 Å². The minimum atomic E-state index is -0.784. The molecule has 3 heterocycles. The zero-order valence-electron chi connectivity index (χ0n) is 9.32. The molecule has 2 saturated heterocycles. The van der Waals surface area contributed by atoms with Crippen molar-refractivity contribution in [3.63, 3.8) is 0 Å². The molecule has 5 heteroatoms. The number of carboxylic acid groups (broad SMARTS) is 1. The summed E-state index contributed by atoms with van der Waals surface area (Å²) in [6.07, 6.45) is 7.67. The fraction of sp³-hybridized carbons (Fsp3) is 0.500. The molecule has 1 amide bonds. The van der Waals surface area contributed by atoms with Crippen molar-refractivity contribution in [3.05, 3.63) is 24.1 Å². The zero-order valence-corrected chi connectivity index (χ0v) is 9.32. The van der Waals surface area contributed by atoms with Crippen molar-refractivity contribution in [2.75, 3.05) is 0 Å². The quantitative estimate of drug-likeness (QED) is 0.852. The number of nitrogens with zero attached hydrogens (tertiary/aromatic N) is 2. The highest BCUT2D eigenvalue weighted by Crippen LogP contribution is 2.42. The van der Waals surface area contributed by atoms with Crippen LogP contribution in [0.15, 0.2) is 22.9 Å². The molecule has 1 aromatic rings. The Kier molecular flexibility index (Phi) is 2.39. The third-order valence-electron chi connectivity index (χ3n) is 3.77. The smallest absolute Gasteiger partial charge is 0.407 e. The van der Waals surface area contributed by atoms with Crippen LogP contribution in [0.4, 0.5) is 4.79 Å². The molecule has 90 valence electrons. The minimum Gasteiger partial charge on any atom is -0.465 e. The molecule has 2 bridgehead atoms. The van der Waals surface area contributed by atoms with Crippen LogP contribution in [0.25, 0.3) is 6.08 Å². The van der Waals surface area contributed by atoms with E-state index < -0.39 is 6.09 Å². The normalized spacial score (nSPS) is 31.5. The topological polar surface area (TPSA) is 66.6 Å². The van der Waals surface area contributed by atoms with Crippen LogP contribution in [0.3, 0.4) is 0 Å². The Bertz CT molecular complexity index is 441. The molecule has 0 aliphatic carbocycles. The standard InChI is InChI=1S/C12H14N2O3/c15-12(16)14-9-2-4-11(14)8(7-9)1-3-10-5-6-13-17-10/h1,3,5-6,8-9,11H,2,4,7H2,(H,15,16)/b3-1+. The van der Waals surface area contributed by atoms with Crippen molar-refractivity contribution in [1.29, 1.82) is 0 Å². The largest absolute Gasteiger partial charge is 0.465 e. The molecule has 3 atom stereocenters. The van der Waals surface area contributed by atoms with E-state index in [9.17, 15) is 4.79 Å². The summed E-state index contributed by atoms with van der Waals surface area (Å²) in [6, 6.07) is 2.15. The second-order valence-electron chi connectivity index (χ2n) is 4.66. The summed E-state index contributed by atoms with van der Waals surface area (Å²) in [5.41, 5.74) is 0. The fourth-order valence-corrected chi connectivity index (χ4v) is 3.07. The molecule has 2 aliphatic rings. The Balaban J connectivity index is 1.73. The van der Waals surface area contributed by atoms with Gasteiger partial charge in [-0.05, 0) is 31.3 Å². The van der Waals surface area contributed by atoms with Gasteiger partial charge in [0.15, 0.2) is 5.76 Å². The molecule has 3 unspecified atom stereocenters. The van der Waals surface area contributed by atoms with Crippen LogP contribution in [-0.2, 0) is 0 Å². The van der Waals surface area contributed by atoms with Gasteiger partial charge in [-0.1, -0.05) is 11.2 Å². The number of rotatable bonds is 2. The summed E-state index contributed by atoms with van der Waals surface area (Å²) in [5, 5.41) is 12.8. The van der Waals surface area contributed by atoms with Crippen LogP contribution >= 0.6 is 0 Å². The zero-order chi connectivity index (χ0) is 11.8. The monoisotopic (exact) mass is 234 g/mol. The molecule has 5 nitrogen and oxygen atoms in total. The number of hydrogen-bond acceptors (Lipinski definition) is 3. The molecule has 3 rings (SSSR count). The van der Waals surface area contributed by atoms with Gasteiger partial charge in [-0.3, -0.25) is 0 Å². The maximum atomic E-state index is 11.1. The van der Waals surface area contributed by atoms with E-state index in [-0.39, 0.29) is 12.1 Å². The lowest BCUT2D eigenvalue weighted by molar-refractivity contribution is 0.137. The molecular weight excluding hydrogens is 220 g/mol. The second kappa shape index (κ2) is 3.91. The molecule has 0 radical (unpaired) electrons. The Morgan fingerprint density at radius 3 is 3.12 bits per heavy atom. The van der Waals surface area contributed by atoms with Crippen molar-refractivity contribution < 1.29 is 14.4 Å². The highest BCUT2D eigenvalue weighted by Gasteiger charge is 2.47. The van der Waals surface area contributed by atoms with E-state index in [1.165, 1.54) is 0 Å². The first-order valence-electron chi connectivity index (χ1n) is 5.86. The Hall–Kier alpha value is -1.78. The summed E-state index contributed by atoms with van der Waals surface area (Å²) in [4.78, 5) is 12.7. The van der Waals surface area contributed by atoms with Crippen LogP contribution in [0.5, 0.6) is 0 Å². The van der Waals surface area contributed by atoms with Gasteiger partial charge < -0.3 is 14.5 Å². The average molecular weight is 234 g/mol. The Morgan fingerprint density at radius 1 is 1.59 bits per heavy atom. The molecule has 0 aromatic carbocycles. The SMILES string of the molecule is O=C(O)N1C2CCC1C(/C=C/c1ccno1)C2. The summed E-state index contributed by atoms with van der Waals surface area (Å²) < 4.78 is 4.98. The number of hydrogen-bond donors (Lipinski definition) is 1. The maximum absolute atomic E-state index is 11.1. The summed E-state index contributed by atoms with van der Waals surface area (Å²) in [7, 11) is 0. The Morgan fingerprint density at radius 2 is 2.47 bits per heavy atom. The van der Waals surface area contributed by atoms with Crippen LogP contribution in [0, 0.1) is 5.92 Å². The van der Waals surface area contributed by atoms with Gasteiger partial charge in [0.2, 0.25) is 0 Å². The van der Waals surface area contributed by atoms with Crippen molar-refractivity contribution >= 4 is 12.2 Å². The van der Waals surface area contributed by atoms with Crippen LogP contribution in [-0.4, -0.2) is 33.3 Å². The lowest BCUT2D eigenvalue weighted by atomic mass is 9.89. The lowest BCUT2D eigenvalue weighted by Crippen LogP contribution is -2.34. The molecule has 2 aliphatic heterocycles.